The molecule has 1 aromatic heterocycles. The largest absolute Gasteiger partial charge is 0.350 e. The molecular weight excluding hydrogens is 358 g/mol. The fourth-order valence-corrected chi connectivity index (χ4v) is 4.77. The van der Waals surface area contributed by atoms with Gasteiger partial charge in [-0.1, -0.05) is 49.4 Å². The first-order chi connectivity index (χ1) is 12.9. The Bertz CT molecular complexity index is 832. The summed E-state index contributed by atoms with van der Waals surface area (Å²) in [6.07, 6.45) is 1.30. The molecule has 1 aromatic carbocycles. The summed E-state index contributed by atoms with van der Waals surface area (Å²) in [4.78, 5) is 26.5. The van der Waals surface area contributed by atoms with Crippen molar-refractivity contribution in [1.29, 1.82) is 0 Å². The molecule has 1 aliphatic heterocycles. The molecule has 3 rings (SSSR count). The number of aromatic nitrogens is 1. The molecule has 6 heteroatoms. The van der Waals surface area contributed by atoms with E-state index < -0.39 is 0 Å². The molecule has 1 aliphatic rings. The Morgan fingerprint density at radius 3 is 2.48 bits per heavy atom. The molecule has 2 aromatic rings. The first kappa shape index (κ1) is 19.8. The Morgan fingerprint density at radius 1 is 1.19 bits per heavy atom. The second-order valence-corrected chi connectivity index (χ2v) is 8.74. The number of likely N-dealkylation sites (tertiary alicyclic amines) is 1. The molecule has 2 heterocycles. The minimum absolute atomic E-state index is 0.0808. The van der Waals surface area contributed by atoms with Crippen LogP contribution in [0.2, 0.25) is 0 Å². The molecule has 0 bridgehead atoms. The lowest BCUT2D eigenvalue weighted by Crippen LogP contribution is -2.38. The van der Waals surface area contributed by atoms with Gasteiger partial charge in [0.05, 0.1) is 0 Å². The van der Waals surface area contributed by atoms with Crippen molar-refractivity contribution < 1.29 is 4.79 Å². The molecule has 1 amide bonds. The van der Waals surface area contributed by atoms with Gasteiger partial charge in [-0.05, 0) is 36.3 Å². The Hall–Kier alpha value is -1.92. The van der Waals surface area contributed by atoms with Gasteiger partial charge in [-0.25, -0.2) is 0 Å². The summed E-state index contributed by atoms with van der Waals surface area (Å²) in [6, 6.07) is 8.30. The molecule has 1 fully saturated rings. The molecule has 2 atom stereocenters. The summed E-state index contributed by atoms with van der Waals surface area (Å²) < 4.78 is 1.52. The van der Waals surface area contributed by atoms with E-state index in [1.54, 1.807) is 5.38 Å². The number of thiazole rings is 1. The van der Waals surface area contributed by atoms with Crippen LogP contribution in [0.3, 0.4) is 0 Å². The van der Waals surface area contributed by atoms with Crippen LogP contribution in [-0.2, 0) is 24.4 Å². The lowest BCUT2D eigenvalue weighted by atomic mass is 9.91. The van der Waals surface area contributed by atoms with Crippen LogP contribution in [0, 0.1) is 18.8 Å². The minimum Gasteiger partial charge on any atom is -0.350 e. The van der Waals surface area contributed by atoms with Crippen LogP contribution in [0.25, 0.3) is 0 Å². The maximum absolute atomic E-state index is 12.3. The van der Waals surface area contributed by atoms with E-state index in [9.17, 15) is 9.59 Å². The molecule has 1 saturated heterocycles. The Labute approximate surface area is 165 Å². The monoisotopic (exact) mass is 387 g/mol. The lowest BCUT2D eigenvalue weighted by molar-refractivity contribution is -0.121. The smallest absolute Gasteiger partial charge is 0.307 e. The lowest BCUT2D eigenvalue weighted by Gasteiger charge is -2.35. The van der Waals surface area contributed by atoms with Gasteiger partial charge in [0.2, 0.25) is 5.91 Å². The molecule has 0 unspecified atom stereocenters. The molecule has 1 N–H and O–H groups in total. The number of carbonyl (C=O) groups is 1. The van der Waals surface area contributed by atoms with Gasteiger partial charge in [0.15, 0.2) is 0 Å². The number of nitrogens with one attached hydrogen (secondary N) is 1. The van der Waals surface area contributed by atoms with Crippen LogP contribution in [0.4, 0.5) is 0 Å². The summed E-state index contributed by atoms with van der Waals surface area (Å²) >= 11 is 1.13. The summed E-state index contributed by atoms with van der Waals surface area (Å²) in [5, 5.41) is 4.76. The van der Waals surface area contributed by atoms with E-state index in [4.69, 9.17) is 0 Å². The quantitative estimate of drug-likeness (QED) is 0.829. The van der Waals surface area contributed by atoms with Crippen LogP contribution < -0.4 is 10.2 Å². The predicted octanol–water partition coefficient (Wildman–Crippen LogP) is 3.01. The molecule has 146 valence electrons. The number of aryl methyl sites for hydroxylation is 1. The first-order valence-corrected chi connectivity index (χ1v) is 10.5. The normalized spacial score (nSPS) is 20.6. The second kappa shape index (κ2) is 8.85. The molecule has 0 aliphatic carbocycles. The second-order valence-electron chi connectivity index (χ2n) is 7.91. The summed E-state index contributed by atoms with van der Waals surface area (Å²) in [5.41, 5.74) is 3.24. The topological polar surface area (TPSA) is 54.3 Å². The van der Waals surface area contributed by atoms with E-state index in [1.807, 2.05) is 13.0 Å². The fraction of sp³-hybridized carbons (Fsp3) is 0.524. The number of nitrogens with zero attached hydrogens (tertiary/aromatic N) is 2. The number of hydrogen-bond acceptors (Lipinski definition) is 4. The van der Waals surface area contributed by atoms with E-state index >= 15 is 0 Å². The average molecular weight is 388 g/mol. The third-order valence-corrected chi connectivity index (χ3v) is 6.09. The SMILES string of the molecule is Cc1csc(=O)n1CC(=O)NCc1ccccc1CN1C[C@H](C)C[C@@H](C)C1. The zero-order valence-corrected chi connectivity index (χ0v) is 17.2. The van der Waals surface area contributed by atoms with Crippen molar-refractivity contribution in [2.75, 3.05) is 13.1 Å². The van der Waals surface area contributed by atoms with Crippen molar-refractivity contribution in [2.45, 2.75) is 46.8 Å². The van der Waals surface area contributed by atoms with Crippen molar-refractivity contribution in [3.05, 3.63) is 56.1 Å². The third kappa shape index (κ3) is 5.30. The van der Waals surface area contributed by atoms with Gasteiger partial charge in [0, 0.05) is 37.3 Å². The first-order valence-electron chi connectivity index (χ1n) is 9.63. The molecule has 5 nitrogen and oxygen atoms in total. The summed E-state index contributed by atoms with van der Waals surface area (Å²) in [7, 11) is 0. The number of carbonyl (C=O) groups excluding carboxylic acids is 1. The van der Waals surface area contributed by atoms with Crippen molar-refractivity contribution in [1.82, 2.24) is 14.8 Å². The Kier molecular flexibility index (Phi) is 6.50. The number of piperidine rings is 1. The Morgan fingerprint density at radius 2 is 1.85 bits per heavy atom. The fourth-order valence-electron chi connectivity index (χ4n) is 4.04. The highest BCUT2D eigenvalue weighted by Gasteiger charge is 2.22. The standard InChI is InChI=1S/C21H29N3O2S/c1-15-8-16(2)11-23(10-15)12-19-7-5-4-6-18(19)9-22-20(25)13-24-17(3)14-27-21(24)26/h4-7,14-16H,8-13H2,1-3H3,(H,22,25)/t15-,16-/m1/s1. The van der Waals surface area contributed by atoms with Gasteiger partial charge in [0.1, 0.15) is 6.54 Å². The zero-order chi connectivity index (χ0) is 19.4. The Balaban J connectivity index is 1.60. The molecule has 0 radical (unpaired) electrons. The minimum atomic E-state index is -0.131. The zero-order valence-electron chi connectivity index (χ0n) is 16.4. The number of hydrogen-bond donors (Lipinski definition) is 1. The third-order valence-electron chi connectivity index (χ3n) is 5.21. The summed E-state index contributed by atoms with van der Waals surface area (Å²) in [5.74, 6) is 1.33. The van der Waals surface area contributed by atoms with Gasteiger partial charge in [-0.15, -0.1) is 0 Å². The van der Waals surface area contributed by atoms with Crippen LogP contribution >= 0.6 is 11.3 Å². The maximum atomic E-state index is 12.3. The highest BCUT2D eigenvalue weighted by Crippen LogP contribution is 2.23. The van der Waals surface area contributed by atoms with Gasteiger partial charge in [0.25, 0.3) is 0 Å². The highest BCUT2D eigenvalue weighted by atomic mass is 32.1. The average Bonchev–Trinajstić information content (AvgIpc) is 2.92. The van der Waals surface area contributed by atoms with Gasteiger partial charge >= 0.3 is 4.87 Å². The van der Waals surface area contributed by atoms with Crippen molar-refractivity contribution in [3.63, 3.8) is 0 Å². The van der Waals surface area contributed by atoms with E-state index in [1.165, 1.54) is 16.6 Å². The summed E-state index contributed by atoms with van der Waals surface area (Å²) in [6.45, 7) is 10.2. The maximum Gasteiger partial charge on any atom is 0.307 e. The van der Waals surface area contributed by atoms with Crippen molar-refractivity contribution >= 4 is 17.2 Å². The van der Waals surface area contributed by atoms with Crippen LogP contribution in [0.15, 0.2) is 34.4 Å². The number of rotatable bonds is 6. The number of benzene rings is 1. The van der Waals surface area contributed by atoms with Crippen LogP contribution in [-0.4, -0.2) is 28.5 Å². The van der Waals surface area contributed by atoms with Crippen LogP contribution in [0.1, 0.15) is 37.1 Å². The number of amides is 1. The highest BCUT2D eigenvalue weighted by molar-refractivity contribution is 7.07. The van der Waals surface area contributed by atoms with E-state index in [2.05, 4.69) is 42.3 Å². The molecule has 27 heavy (non-hydrogen) atoms. The van der Waals surface area contributed by atoms with Crippen molar-refractivity contribution in [2.24, 2.45) is 11.8 Å². The van der Waals surface area contributed by atoms with Crippen molar-refractivity contribution in [3.8, 4) is 0 Å². The predicted molar refractivity (Wildman–Crippen MR) is 110 cm³/mol. The van der Waals surface area contributed by atoms with Gasteiger partial charge in [-0.2, -0.15) is 0 Å². The molecule has 0 saturated carbocycles. The van der Waals surface area contributed by atoms with E-state index in [-0.39, 0.29) is 17.3 Å². The molecule has 0 spiro atoms. The van der Waals surface area contributed by atoms with Gasteiger partial charge in [-0.3, -0.25) is 19.1 Å². The van der Waals surface area contributed by atoms with Crippen LogP contribution in [0.5, 0.6) is 0 Å². The molecular formula is C21H29N3O2S. The van der Waals surface area contributed by atoms with E-state index in [0.717, 1.165) is 54.1 Å². The van der Waals surface area contributed by atoms with Gasteiger partial charge < -0.3 is 5.32 Å². The van der Waals surface area contributed by atoms with E-state index in [0.29, 0.717) is 6.54 Å².